The van der Waals surface area contributed by atoms with Crippen LogP contribution in [0.1, 0.15) is 17.4 Å². The van der Waals surface area contributed by atoms with Crippen molar-refractivity contribution in [2.75, 3.05) is 6.61 Å². The Morgan fingerprint density at radius 2 is 1.55 bits per heavy atom. The minimum Gasteiger partial charge on any atom is -0.461 e. The van der Waals surface area contributed by atoms with Gasteiger partial charge in [0, 0.05) is 11.8 Å². The first-order chi connectivity index (χ1) is 10.8. The first-order valence-electron chi connectivity index (χ1n) is 7.30. The first kappa shape index (κ1) is 14.1. The van der Waals surface area contributed by atoms with E-state index >= 15 is 0 Å². The summed E-state index contributed by atoms with van der Waals surface area (Å²) in [5.41, 5.74) is 4.67. The van der Waals surface area contributed by atoms with Gasteiger partial charge in [0.15, 0.2) is 0 Å². The highest BCUT2D eigenvalue weighted by atomic mass is 16.5. The van der Waals surface area contributed by atoms with Gasteiger partial charge in [-0.15, -0.1) is 0 Å². The molecule has 0 saturated carbocycles. The molecule has 0 aliphatic carbocycles. The molecule has 0 bridgehead atoms. The van der Waals surface area contributed by atoms with Crippen LogP contribution >= 0.6 is 0 Å². The van der Waals surface area contributed by atoms with E-state index in [0.717, 1.165) is 16.7 Å². The molecule has 0 unspecified atom stereocenters. The van der Waals surface area contributed by atoms with Gasteiger partial charge in [-0.1, -0.05) is 54.6 Å². The van der Waals surface area contributed by atoms with Gasteiger partial charge >= 0.3 is 5.97 Å². The SMILES string of the molecule is CCOC(=O)c1[nH]ccc1-c1ccc(-c2ccccc2)cc1. The van der Waals surface area contributed by atoms with E-state index in [1.165, 1.54) is 5.56 Å². The number of carbonyl (C=O) groups excluding carboxylic acids is 1. The number of aromatic nitrogens is 1. The van der Waals surface area contributed by atoms with Gasteiger partial charge in [0.25, 0.3) is 0 Å². The summed E-state index contributed by atoms with van der Waals surface area (Å²) in [5, 5.41) is 0. The number of carbonyl (C=O) groups is 1. The van der Waals surface area contributed by atoms with Crippen molar-refractivity contribution in [2.45, 2.75) is 6.92 Å². The molecule has 0 amide bonds. The molecule has 0 atom stereocenters. The van der Waals surface area contributed by atoms with Crippen LogP contribution in [0.15, 0.2) is 66.9 Å². The number of benzene rings is 2. The predicted octanol–water partition coefficient (Wildman–Crippen LogP) is 4.53. The first-order valence-corrected chi connectivity index (χ1v) is 7.30. The zero-order valence-corrected chi connectivity index (χ0v) is 12.4. The average molecular weight is 291 g/mol. The molecule has 1 aromatic heterocycles. The fraction of sp³-hybridized carbons (Fsp3) is 0.105. The molecule has 0 aliphatic heterocycles. The van der Waals surface area contributed by atoms with Crippen molar-refractivity contribution in [3.05, 3.63) is 72.6 Å². The number of aromatic amines is 1. The van der Waals surface area contributed by atoms with Crippen LogP contribution in [0.25, 0.3) is 22.3 Å². The fourth-order valence-corrected chi connectivity index (χ4v) is 2.45. The monoisotopic (exact) mass is 291 g/mol. The summed E-state index contributed by atoms with van der Waals surface area (Å²) in [6.45, 7) is 2.17. The molecule has 0 spiro atoms. The molecule has 1 N–H and O–H groups in total. The van der Waals surface area contributed by atoms with Crippen LogP contribution in [0.4, 0.5) is 0 Å². The maximum atomic E-state index is 11.9. The van der Waals surface area contributed by atoms with E-state index in [1.807, 2.05) is 36.4 Å². The van der Waals surface area contributed by atoms with Gasteiger partial charge in [0.05, 0.1) is 6.61 Å². The van der Waals surface area contributed by atoms with Gasteiger partial charge in [-0.3, -0.25) is 0 Å². The highest BCUT2D eigenvalue weighted by molar-refractivity contribution is 5.95. The van der Waals surface area contributed by atoms with Crippen molar-refractivity contribution >= 4 is 5.97 Å². The van der Waals surface area contributed by atoms with Crippen LogP contribution < -0.4 is 0 Å². The number of H-pyrrole nitrogens is 1. The van der Waals surface area contributed by atoms with Gasteiger partial charge < -0.3 is 9.72 Å². The van der Waals surface area contributed by atoms with Crippen LogP contribution in [-0.2, 0) is 4.74 Å². The maximum absolute atomic E-state index is 11.9. The molecule has 1 heterocycles. The molecule has 0 radical (unpaired) electrons. The van der Waals surface area contributed by atoms with Crippen molar-refractivity contribution in [3.63, 3.8) is 0 Å². The molecule has 3 nitrogen and oxygen atoms in total. The van der Waals surface area contributed by atoms with E-state index in [4.69, 9.17) is 4.74 Å². The largest absolute Gasteiger partial charge is 0.461 e. The number of rotatable bonds is 4. The van der Waals surface area contributed by atoms with Crippen molar-refractivity contribution < 1.29 is 9.53 Å². The summed E-state index contributed by atoms with van der Waals surface area (Å²) in [5.74, 6) is -0.324. The second-order valence-corrected chi connectivity index (χ2v) is 4.93. The Kier molecular flexibility index (Phi) is 4.05. The number of nitrogens with one attached hydrogen (secondary N) is 1. The second kappa shape index (κ2) is 6.31. The summed E-state index contributed by atoms with van der Waals surface area (Å²) < 4.78 is 5.07. The van der Waals surface area contributed by atoms with Gasteiger partial charge in [-0.25, -0.2) is 4.79 Å². The molecule has 3 heteroatoms. The average Bonchev–Trinajstić information content (AvgIpc) is 3.06. The lowest BCUT2D eigenvalue weighted by Gasteiger charge is -2.06. The molecule has 0 fully saturated rings. The quantitative estimate of drug-likeness (QED) is 0.718. The molecular weight excluding hydrogens is 274 g/mol. The van der Waals surface area contributed by atoms with Gasteiger partial charge in [-0.05, 0) is 29.7 Å². The molecule has 3 rings (SSSR count). The molecule has 0 aliphatic rings. The highest BCUT2D eigenvalue weighted by Crippen LogP contribution is 2.27. The fourth-order valence-electron chi connectivity index (χ4n) is 2.45. The zero-order valence-electron chi connectivity index (χ0n) is 12.4. The third-order valence-corrected chi connectivity index (χ3v) is 3.53. The van der Waals surface area contributed by atoms with E-state index in [2.05, 4.69) is 29.2 Å². The lowest BCUT2D eigenvalue weighted by Crippen LogP contribution is -2.06. The number of hydrogen-bond acceptors (Lipinski definition) is 2. The topological polar surface area (TPSA) is 42.1 Å². The Hall–Kier alpha value is -2.81. The van der Waals surface area contributed by atoms with Crippen LogP contribution in [-0.4, -0.2) is 17.6 Å². The Morgan fingerprint density at radius 3 is 2.23 bits per heavy atom. The van der Waals surface area contributed by atoms with Crippen molar-refractivity contribution in [2.24, 2.45) is 0 Å². The summed E-state index contributed by atoms with van der Waals surface area (Å²) in [4.78, 5) is 14.9. The van der Waals surface area contributed by atoms with Crippen LogP contribution in [0, 0.1) is 0 Å². The third kappa shape index (κ3) is 2.79. The normalized spacial score (nSPS) is 10.4. The van der Waals surface area contributed by atoms with Crippen molar-refractivity contribution in [1.29, 1.82) is 0 Å². The van der Waals surface area contributed by atoms with E-state index in [-0.39, 0.29) is 5.97 Å². The smallest absolute Gasteiger partial charge is 0.355 e. The van der Waals surface area contributed by atoms with Crippen LogP contribution in [0.3, 0.4) is 0 Å². The van der Waals surface area contributed by atoms with E-state index in [9.17, 15) is 4.79 Å². The Bertz CT molecular complexity index is 758. The van der Waals surface area contributed by atoms with Crippen molar-refractivity contribution in [1.82, 2.24) is 4.98 Å². The predicted molar refractivity (Wildman–Crippen MR) is 87.6 cm³/mol. The lowest BCUT2D eigenvalue weighted by molar-refractivity contribution is 0.0521. The lowest BCUT2D eigenvalue weighted by atomic mass is 10.0. The zero-order chi connectivity index (χ0) is 15.4. The van der Waals surface area contributed by atoms with Crippen molar-refractivity contribution in [3.8, 4) is 22.3 Å². The molecular formula is C19H17NO2. The van der Waals surface area contributed by atoms with Gasteiger partial charge in [0.1, 0.15) is 5.69 Å². The molecule has 22 heavy (non-hydrogen) atoms. The number of hydrogen-bond donors (Lipinski definition) is 1. The van der Waals surface area contributed by atoms with E-state index in [1.54, 1.807) is 13.1 Å². The third-order valence-electron chi connectivity index (χ3n) is 3.53. The number of ether oxygens (including phenoxy) is 1. The standard InChI is InChI=1S/C19H17NO2/c1-2-22-19(21)18-17(12-13-20-18)16-10-8-15(9-11-16)14-6-4-3-5-7-14/h3-13,20H,2H2,1H3. The molecule has 0 saturated heterocycles. The van der Waals surface area contributed by atoms with Gasteiger partial charge in [0.2, 0.25) is 0 Å². The Balaban J connectivity index is 1.91. The minimum absolute atomic E-state index is 0.324. The Morgan fingerprint density at radius 1 is 0.909 bits per heavy atom. The molecule has 2 aromatic carbocycles. The highest BCUT2D eigenvalue weighted by Gasteiger charge is 2.15. The van der Waals surface area contributed by atoms with Crippen LogP contribution in [0.2, 0.25) is 0 Å². The molecule has 110 valence electrons. The number of esters is 1. The van der Waals surface area contributed by atoms with E-state index in [0.29, 0.717) is 12.3 Å². The maximum Gasteiger partial charge on any atom is 0.355 e. The Labute approximate surface area is 129 Å². The van der Waals surface area contributed by atoms with Crippen LogP contribution in [0.5, 0.6) is 0 Å². The summed E-state index contributed by atoms with van der Waals surface area (Å²) >= 11 is 0. The summed E-state index contributed by atoms with van der Waals surface area (Å²) in [7, 11) is 0. The summed E-state index contributed by atoms with van der Waals surface area (Å²) in [6.07, 6.45) is 1.76. The van der Waals surface area contributed by atoms with Gasteiger partial charge in [-0.2, -0.15) is 0 Å². The minimum atomic E-state index is -0.324. The molecule has 3 aromatic rings. The summed E-state index contributed by atoms with van der Waals surface area (Å²) in [6, 6.07) is 20.3. The second-order valence-electron chi connectivity index (χ2n) is 4.93. The van der Waals surface area contributed by atoms with E-state index < -0.39 is 0 Å².